The van der Waals surface area contributed by atoms with Gasteiger partial charge in [0, 0.05) is 29.6 Å². The maximum absolute atomic E-state index is 6.10. The molecule has 2 unspecified atom stereocenters. The molecule has 1 saturated heterocycles. The first-order valence-electron chi connectivity index (χ1n) is 6.23. The lowest BCUT2D eigenvalue weighted by atomic mass is 9.99. The maximum atomic E-state index is 6.10. The summed E-state index contributed by atoms with van der Waals surface area (Å²) < 4.78 is 0. The summed E-state index contributed by atoms with van der Waals surface area (Å²) in [5.41, 5.74) is 7.19. The minimum Gasteiger partial charge on any atom is -0.335 e. The van der Waals surface area contributed by atoms with Crippen LogP contribution in [0.2, 0.25) is 0 Å². The average molecular weight is 263 g/mol. The monoisotopic (exact) mass is 263 g/mol. The van der Waals surface area contributed by atoms with Crippen LogP contribution in [0.3, 0.4) is 0 Å². The molecule has 18 heavy (non-hydrogen) atoms. The van der Waals surface area contributed by atoms with Gasteiger partial charge in [-0.25, -0.2) is 0 Å². The number of nitrogens with two attached hydrogens (primary N) is 1. The van der Waals surface area contributed by atoms with Crippen molar-refractivity contribution in [2.45, 2.75) is 31.8 Å². The molecule has 1 aliphatic rings. The van der Waals surface area contributed by atoms with Crippen molar-refractivity contribution in [3.05, 3.63) is 16.8 Å². The molecule has 0 amide bonds. The number of nitrogens with zero attached hydrogens (tertiary/aromatic N) is 3. The first kappa shape index (κ1) is 11.7. The predicted molar refractivity (Wildman–Crippen MR) is 73.7 cm³/mol. The number of hydrogen-bond acceptors (Lipinski definition) is 5. The topological polar surface area (TPSA) is 70.8 Å². The van der Waals surface area contributed by atoms with E-state index in [-0.39, 0.29) is 6.04 Å². The second-order valence-electron chi connectivity index (χ2n) is 4.74. The first-order chi connectivity index (χ1) is 8.75. The van der Waals surface area contributed by atoms with Crippen molar-refractivity contribution in [3.8, 4) is 11.4 Å². The molecule has 2 aromatic heterocycles. The minimum atomic E-state index is 0.210. The highest BCUT2D eigenvalue weighted by atomic mass is 32.1. The zero-order valence-corrected chi connectivity index (χ0v) is 11.2. The zero-order valence-electron chi connectivity index (χ0n) is 10.3. The van der Waals surface area contributed by atoms with E-state index in [1.807, 2.05) is 11.4 Å². The van der Waals surface area contributed by atoms with Gasteiger partial charge in [-0.1, -0.05) is 0 Å². The van der Waals surface area contributed by atoms with E-state index in [2.05, 4.69) is 32.4 Å². The van der Waals surface area contributed by atoms with Crippen molar-refractivity contribution in [3.63, 3.8) is 0 Å². The Balaban J connectivity index is 1.84. The first-order valence-corrected chi connectivity index (χ1v) is 7.17. The van der Waals surface area contributed by atoms with E-state index >= 15 is 0 Å². The molecule has 0 bridgehead atoms. The molecular weight excluding hydrogens is 246 g/mol. The fraction of sp³-hybridized carbons (Fsp3) is 0.500. The highest BCUT2D eigenvalue weighted by molar-refractivity contribution is 7.08. The standard InChI is InChI=1S/C12H17N5S/c1-8-10(13)3-2-5-17(8)12-14-11(15-16-12)9-4-6-18-7-9/h4,6-8,10H,2-3,5,13H2,1H3,(H,14,15,16). The fourth-order valence-electron chi connectivity index (χ4n) is 2.37. The molecule has 3 rings (SSSR count). The number of thiophene rings is 1. The van der Waals surface area contributed by atoms with Crippen LogP contribution in [-0.4, -0.2) is 33.8 Å². The lowest BCUT2D eigenvalue weighted by molar-refractivity contribution is 0.416. The van der Waals surface area contributed by atoms with E-state index in [0.29, 0.717) is 6.04 Å². The number of anilines is 1. The van der Waals surface area contributed by atoms with E-state index < -0.39 is 0 Å². The summed E-state index contributed by atoms with van der Waals surface area (Å²) in [5.74, 6) is 1.59. The van der Waals surface area contributed by atoms with Crippen LogP contribution in [0.4, 0.5) is 5.95 Å². The molecule has 3 heterocycles. The smallest absolute Gasteiger partial charge is 0.245 e. The zero-order chi connectivity index (χ0) is 12.5. The van der Waals surface area contributed by atoms with Crippen molar-refractivity contribution in [1.82, 2.24) is 15.2 Å². The number of nitrogens with one attached hydrogen (secondary N) is 1. The third-order valence-corrected chi connectivity index (χ3v) is 4.26. The maximum Gasteiger partial charge on any atom is 0.245 e. The third kappa shape index (κ3) is 2.02. The molecule has 3 N–H and O–H groups in total. The molecular formula is C12H17N5S. The summed E-state index contributed by atoms with van der Waals surface area (Å²) in [5, 5.41) is 11.4. The van der Waals surface area contributed by atoms with Crippen LogP contribution in [0.25, 0.3) is 11.4 Å². The number of rotatable bonds is 2. The molecule has 5 nitrogen and oxygen atoms in total. The van der Waals surface area contributed by atoms with Gasteiger partial charge in [0.25, 0.3) is 0 Å². The molecule has 0 spiro atoms. The van der Waals surface area contributed by atoms with Gasteiger partial charge in [0.15, 0.2) is 5.82 Å². The molecule has 1 aliphatic heterocycles. The number of H-pyrrole nitrogens is 1. The van der Waals surface area contributed by atoms with Crippen LogP contribution >= 0.6 is 11.3 Å². The van der Waals surface area contributed by atoms with E-state index in [1.165, 1.54) is 0 Å². The molecule has 0 aromatic carbocycles. The molecule has 6 heteroatoms. The number of hydrogen-bond donors (Lipinski definition) is 2. The van der Waals surface area contributed by atoms with Gasteiger partial charge in [-0.05, 0) is 31.2 Å². The van der Waals surface area contributed by atoms with E-state index in [4.69, 9.17) is 5.73 Å². The summed E-state index contributed by atoms with van der Waals surface area (Å²) in [7, 11) is 0. The van der Waals surface area contributed by atoms with Gasteiger partial charge in [-0.15, -0.1) is 5.10 Å². The van der Waals surface area contributed by atoms with Crippen molar-refractivity contribution >= 4 is 17.3 Å². The molecule has 2 aromatic rings. The van der Waals surface area contributed by atoms with Crippen LogP contribution in [0.1, 0.15) is 19.8 Å². The van der Waals surface area contributed by atoms with Gasteiger partial charge < -0.3 is 10.6 Å². The van der Waals surface area contributed by atoms with Gasteiger partial charge in [0.1, 0.15) is 0 Å². The Morgan fingerprint density at radius 1 is 1.56 bits per heavy atom. The number of aromatic amines is 1. The lowest BCUT2D eigenvalue weighted by Gasteiger charge is -2.36. The Kier molecular flexibility index (Phi) is 3.05. The average Bonchev–Trinajstić information content (AvgIpc) is 3.01. The quantitative estimate of drug-likeness (QED) is 0.867. The molecule has 2 atom stereocenters. The Morgan fingerprint density at radius 2 is 2.44 bits per heavy atom. The van der Waals surface area contributed by atoms with E-state index in [9.17, 15) is 0 Å². The predicted octanol–water partition coefficient (Wildman–Crippen LogP) is 1.85. The Morgan fingerprint density at radius 3 is 3.22 bits per heavy atom. The highest BCUT2D eigenvalue weighted by Crippen LogP contribution is 2.24. The second kappa shape index (κ2) is 4.70. The van der Waals surface area contributed by atoms with Crippen LogP contribution in [0.15, 0.2) is 16.8 Å². The van der Waals surface area contributed by atoms with Crippen LogP contribution in [0.5, 0.6) is 0 Å². The van der Waals surface area contributed by atoms with Gasteiger partial charge >= 0.3 is 0 Å². The van der Waals surface area contributed by atoms with Crippen molar-refractivity contribution in [2.75, 3.05) is 11.4 Å². The van der Waals surface area contributed by atoms with Gasteiger partial charge in [0.05, 0.1) is 0 Å². The fourth-order valence-corrected chi connectivity index (χ4v) is 3.01. The van der Waals surface area contributed by atoms with Crippen LogP contribution in [-0.2, 0) is 0 Å². The second-order valence-corrected chi connectivity index (χ2v) is 5.52. The summed E-state index contributed by atoms with van der Waals surface area (Å²) in [4.78, 5) is 6.77. The molecule has 0 aliphatic carbocycles. The summed E-state index contributed by atoms with van der Waals surface area (Å²) in [6, 6.07) is 2.55. The van der Waals surface area contributed by atoms with Crippen molar-refractivity contribution < 1.29 is 0 Å². The SMILES string of the molecule is CC1C(N)CCCN1c1n[nH]c(-c2ccsc2)n1. The molecule has 96 valence electrons. The van der Waals surface area contributed by atoms with Crippen LogP contribution < -0.4 is 10.6 Å². The highest BCUT2D eigenvalue weighted by Gasteiger charge is 2.27. The van der Waals surface area contributed by atoms with Crippen molar-refractivity contribution in [1.29, 1.82) is 0 Å². The minimum absolute atomic E-state index is 0.210. The third-order valence-electron chi connectivity index (χ3n) is 3.57. The largest absolute Gasteiger partial charge is 0.335 e. The number of piperidine rings is 1. The summed E-state index contributed by atoms with van der Waals surface area (Å²) in [6.45, 7) is 3.13. The van der Waals surface area contributed by atoms with E-state index in [1.54, 1.807) is 11.3 Å². The Labute approximate surface area is 110 Å². The van der Waals surface area contributed by atoms with E-state index in [0.717, 1.165) is 36.7 Å². The number of aromatic nitrogens is 3. The summed E-state index contributed by atoms with van der Waals surface area (Å²) >= 11 is 1.66. The normalized spacial score (nSPS) is 24.4. The molecule has 0 radical (unpaired) electrons. The summed E-state index contributed by atoms with van der Waals surface area (Å²) in [6.07, 6.45) is 2.19. The Bertz CT molecular complexity index is 506. The molecule has 1 fully saturated rings. The van der Waals surface area contributed by atoms with Gasteiger partial charge in [0.2, 0.25) is 5.95 Å². The lowest BCUT2D eigenvalue weighted by Crippen LogP contribution is -2.50. The molecule has 0 saturated carbocycles. The van der Waals surface area contributed by atoms with Crippen molar-refractivity contribution in [2.24, 2.45) is 5.73 Å². The van der Waals surface area contributed by atoms with Gasteiger partial charge in [-0.3, -0.25) is 5.10 Å². The Hall–Kier alpha value is -1.40. The van der Waals surface area contributed by atoms with Gasteiger partial charge in [-0.2, -0.15) is 16.3 Å². The van der Waals surface area contributed by atoms with Crippen LogP contribution in [0, 0.1) is 0 Å².